The van der Waals surface area contributed by atoms with Gasteiger partial charge in [-0.05, 0) is 31.5 Å². The van der Waals surface area contributed by atoms with Crippen molar-refractivity contribution in [1.82, 2.24) is 19.8 Å². The van der Waals surface area contributed by atoms with Gasteiger partial charge >= 0.3 is 0 Å². The topological polar surface area (TPSA) is 71.0 Å². The SMILES string of the molecule is CCN(CC)C(=O)c1cc(N2CCN(Cc3ccc4c(c3)OCO4)CC2)ncn1. The average molecular weight is 397 g/mol. The molecule has 1 amide bonds. The van der Waals surface area contributed by atoms with E-state index in [2.05, 4.69) is 31.9 Å². The fraction of sp³-hybridized carbons (Fsp3) is 0.476. The number of aromatic nitrogens is 2. The summed E-state index contributed by atoms with van der Waals surface area (Å²) in [7, 11) is 0. The molecule has 1 fully saturated rings. The molecule has 29 heavy (non-hydrogen) atoms. The molecule has 1 aromatic carbocycles. The van der Waals surface area contributed by atoms with E-state index in [1.165, 1.54) is 11.9 Å². The number of benzene rings is 1. The van der Waals surface area contributed by atoms with E-state index in [-0.39, 0.29) is 5.91 Å². The molecule has 0 radical (unpaired) electrons. The number of hydrogen-bond donors (Lipinski definition) is 0. The van der Waals surface area contributed by atoms with Crippen molar-refractivity contribution >= 4 is 11.7 Å². The van der Waals surface area contributed by atoms with E-state index in [0.29, 0.717) is 25.6 Å². The van der Waals surface area contributed by atoms with Crippen LogP contribution in [0, 0.1) is 0 Å². The summed E-state index contributed by atoms with van der Waals surface area (Å²) in [6, 6.07) is 7.94. The maximum absolute atomic E-state index is 12.6. The number of nitrogens with zero attached hydrogens (tertiary/aromatic N) is 5. The standard InChI is InChI=1S/C21H27N5O3/c1-3-25(4-2)21(27)17-12-20(23-14-22-17)26-9-7-24(8-10-26)13-16-5-6-18-19(11-16)29-15-28-18/h5-6,11-12,14H,3-4,7-10,13,15H2,1-2H3. The maximum atomic E-state index is 12.6. The first-order chi connectivity index (χ1) is 14.2. The van der Waals surface area contributed by atoms with Gasteiger partial charge in [-0.15, -0.1) is 0 Å². The third-order valence-electron chi connectivity index (χ3n) is 5.46. The number of carbonyl (C=O) groups is 1. The summed E-state index contributed by atoms with van der Waals surface area (Å²) in [4.78, 5) is 27.6. The fourth-order valence-electron chi connectivity index (χ4n) is 3.74. The molecule has 2 aliphatic heterocycles. The van der Waals surface area contributed by atoms with Gasteiger partial charge in [-0.3, -0.25) is 9.69 Å². The Morgan fingerprint density at radius 1 is 1.03 bits per heavy atom. The van der Waals surface area contributed by atoms with Gasteiger partial charge in [0.05, 0.1) is 0 Å². The highest BCUT2D eigenvalue weighted by Gasteiger charge is 2.21. The molecule has 2 aliphatic rings. The summed E-state index contributed by atoms with van der Waals surface area (Å²) < 4.78 is 10.9. The third kappa shape index (κ3) is 4.27. The molecular formula is C21H27N5O3. The maximum Gasteiger partial charge on any atom is 0.272 e. The van der Waals surface area contributed by atoms with Crippen LogP contribution in [0.2, 0.25) is 0 Å². The van der Waals surface area contributed by atoms with Gasteiger partial charge < -0.3 is 19.3 Å². The Hall–Kier alpha value is -2.87. The predicted octanol–water partition coefficient (Wildman–Crippen LogP) is 2.01. The molecule has 154 valence electrons. The molecule has 0 saturated carbocycles. The van der Waals surface area contributed by atoms with Crippen molar-refractivity contribution < 1.29 is 14.3 Å². The summed E-state index contributed by atoms with van der Waals surface area (Å²) >= 11 is 0. The summed E-state index contributed by atoms with van der Waals surface area (Å²) in [5.74, 6) is 2.42. The summed E-state index contributed by atoms with van der Waals surface area (Å²) in [5, 5.41) is 0. The van der Waals surface area contributed by atoms with Crippen LogP contribution in [0.25, 0.3) is 0 Å². The zero-order valence-corrected chi connectivity index (χ0v) is 17.0. The molecule has 2 aromatic rings. The Morgan fingerprint density at radius 2 is 1.79 bits per heavy atom. The molecule has 0 bridgehead atoms. The monoisotopic (exact) mass is 397 g/mol. The van der Waals surface area contributed by atoms with Crippen molar-refractivity contribution in [1.29, 1.82) is 0 Å². The number of rotatable bonds is 6. The fourth-order valence-corrected chi connectivity index (χ4v) is 3.74. The number of piperazine rings is 1. The second-order valence-corrected chi connectivity index (χ2v) is 7.19. The van der Waals surface area contributed by atoms with Crippen molar-refractivity contribution in [2.45, 2.75) is 20.4 Å². The molecule has 0 unspecified atom stereocenters. The zero-order chi connectivity index (χ0) is 20.2. The summed E-state index contributed by atoms with van der Waals surface area (Å²) in [5.41, 5.74) is 1.68. The minimum atomic E-state index is -0.0416. The van der Waals surface area contributed by atoms with Crippen LogP contribution in [-0.2, 0) is 6.54 Å². The molecule has 0 N–H and O–H groups in total. The molecule has 0 atom stereocenters. The van der Waals surface area contributed by atoms with Gasteiger partial charge in [0, 0.05) is 51.9 Å². The molecule has 1 saturated heterocycles. The van der Waals surface area contributed by atoms with Crippen molar-refractivity contribution in [3.05, 3.63) is 41.9 Å². The normalized spacial score (nSPS) is 16.1. The van der Waals surface area contributed by atoms with Gasteiger partial charge in [0.15, 0.2) is 11.5 Å². The first-order valence-electron chi connectivity index (χ1n) is 10.1. The van der Waals surface area contributed by atoms with Crippen LogP contribution in [0.1, 0.15) is 29.9 Å². The van der Waals surface area contributed by atoms with E-state index in [9.17, 15) is 4.79 Å². The van der Waals surface area contributed by atoms with Gasteiger partial charge in [-0.25, -0.2) is 9.97 Å². The highest BCUT2D eigenvalue weighted by molar-refractivity contribution is 5.92. The van der Waals surface area contributed by atoms with Crippen LogP contribution in [0.15, 0.2) is 30.6 Å². The molecule has 8 heteroatoms. The van der Waals surface area contributed by atoms with Crippen molar-refractivity contribution in [3.8, 4) is 11.5 Å². The second kappa shape index (κ2) is 8.65. The summed E-state index contributed by atoms with van der Waals surface area (Å²) in [6.07, 6.45) is 1.49. The zero-order valence-electron chi connectivity index (χ0n) is 17.0. The number of hydrogen-bond acceptors (Lipinski definition) is 7. The van der Waals surface area contributed by atoms with Gasteiger partial charge in [0.2, 0.25) is 6.79 Å². The van der Waals surface area contributed by atoms with E-state index >= 15 is 0 Å². The van der Waals surface area contributed by atoms with Gasteiger partial charge in [-0.1, -0.05) is 6.07 Å². The van der Waals surface area contributed by atoms with Crippen LogP contribution < -0.4 is 14.4 Å². The molecule has 1 aromatic heterocycles. The molecule has 0 aliphatic carbocycles. The van der Waals surface area contributed by atoms with Gasteiger partial charge in [0.1, 0.15) is 17.8 Å². The number of amides is 1. The largest absolute Gasteiger partial charge is 0.454 e. The lowest BCUT2D eigenvalue weighted by molar-refractivity contribution is 0.0767. The molecule has 4 rings (SSSR count). The van der Waals surface area contributed by atoms with E-state index < -0.39 is 0 Å². The second-order valence-electron chi connectivity index (χ2n) is 7.19. The lowest BCUT2D eigenvalue weighted by Crippen LogP contribution is -2.46. The van der Waals surface area contributed by atoms with E-state index in [4.69, 9.17) is 9.47 Å². The van der Waals surface area contributed by atoms with E-state index in [0.717, 1.165) is 50.0 Å². The number of fused-ring (bicyclic) bond motifs is 1. The smallest absolute Gasteiger partial charge is 0.272 e. The van der Waals surface area contributed by atoms with Crippen LogP contribution in [0.3, 0.4) is 0 Å². The minimum Gasteiger partial charge on any atom is -0.454 e. The lowest BCUT2D eigenvalue weighted by atomic mass is 10.1. The van der Waals surface area contributed by atoms with Gasteiger partial charge in [0.25, 0.3) is 5.91 Å². The summed E-state index contributed by atoms with van der Waals surface area (Å²) in [6.45, 7) is 10.1. The molecule has 0 spiro atoms. The highest BCUT2D eigenvalue weighted by Crippen LogP contribution is 2.32. The first-order valence-corrected chi connectivity index (χ1v) is 10.1. The minimum absolute atomic E-state index is 0.0416. The third-order valence-corrected chi connectivity index (χ3v) is 5.46. The van der Waals surface area contributed by atoms with Crippen molar-refractivity contribution in [3.63, 3.8) is 0 Å². The van der Waals surface area contributed by atoms with Crippen LogP contribution in [0.5, 0.6) is 11.5 Å². The Bertz CT molecular complexity index is 863. The molecule has 3 heterocycles. The number of ether oxygens (including phenoxy) is 2. The van der Waals surface area contributed by atoms with E-state index in [1.54, 1.807) is 4.90 Å². The van der Waals surface area contributed by atoms with Crippen molar-refractivity contribution in [2.24, 2.45) is 0 Å². The Balaban J connectivity index is 1.36. The number of anilines is 1. The Kier molecular flexibility index (Phi) is 5.80. The lowest BCUT2D eigenvalue weighted by Gasteiger charge is -2.35. The molecule has 8 nitrogen and oxygen atoms in total. The Morgan fingerprint density at radius 3 is 2.55 bits per heavy atom. The Labute approximate surface area is 171 Å². The van der Waals surface area contributed by atoms with Crippen LogP contribution >= 0.6 is 0 Å². The highest BCUT2D eigenvalue weighted by atomic mass is 16.7. The quantitative estimate of drug-likeness (QED) is 0.738. The van der Waals surface area contributed by atoms with Gasteiger partial charge in [-0.2, -0.15) is 0 Å². The molecular weight excluding hydrogens is 370 g/mol. The number of carbonyl (C=O) groups excluding carboxylic acids is 1. The first kappa shape index (κ1) is 19.4. The predicted molar refractivity (Wildman–Crippen MR) is 109 cm³/mol. The van der Waals surface area contributed by atoms with Crippen LogP contribution in [-0.4, -0.2) is 71.7 Å². The average Bonchev–Trinajstić information content (AvgIpc) is 3.23. The van der Waals surface area contributed by atoms with E-state index in [1.807, 2.05) is 26.0 Å². The van der Waals surface area contributed by atoms with Crippen LogP contribution in [0.4, 0.5) is 5.82 Å². The van der Waals surface area contributed by atoms with Crippen molar-refractivity contribution in [2.75, 3.05) is 51.0 Å².